The number of thiophene rings is 1. The predicted molar refractivity (Wildman–Crippen MR) is 72.0 cm³/mol. The number of rotatable bonds is 2. The summed E-state index contributed by atoms with van der Waals surface area (Å²) in [6.07, 6.45) is -0.516. The minimum absolute atomic E-state index is 0.516. The van der Waals surface area contributed by atoms with Crippen molar-refractivity contribution in [3.8, 4) is 0 Å². The number of hydrogen-bond acceptors (Lipinski definition) is 2. The summed E-state index contributed by atoms with van der Waals surface area (Å²) < 4.78 is 1.00. The molecule has 1 heterocycles. The van der Waals surface area contributed by atoms with Crippen LogP contribution in [0.1, 0.15) is 27.7 Å². The highest BCUT2D eigenvalue weighted by molar-refractivity contribution is 9.10. The molecule has 2 aromatic rings. The fourth-order valence-electron chi connectivity index (χ4n) is 1.71. The zero-order valence-electron chi connectivity index (χ0n) is 9.20. The van der Waals surface area contributed by atoms with Crippen LogP contribution in [0, 0.1) is 13.8 Å². The molecule has 0 aliphatic rings. The van der Waals surface area contributed by atoms with Crippen LogP contribution < -0.4 is 0 Å². The van der Waals surface area contributed by atoms with Gasteiger partial charge in [-0.15, -0.1) is 11.3 Å². The lowest BCUT2D eigenvalue weighted by atomic mass is 10.0. The van der Waals surface area contributed by atoms with Crippen LogP contribution in [-0.2, 0) is 0 Å². The van der Waals surface area contributed by atoms with E-state index in [2.05, 4.69) is 15.9 Å². The van der Waals surface area contributed by atoms with Gasteiger partial charge in [-0.25, -0.2) is 0 Å². The molecule has 1 aromatic carbocycles. The summed E-state index contributed by atoms with van der Waals surface area (Å²) in [6, 6.07) is 8.04. The molecule has 16 heavy (non-hydrogen) atoms. The van der Waals surface area contributed by atoms with E-state index in [1.807, 2.05) is 43.5 Å². The van der Waals surface area contributed by atoms with Gasteiger partial charge in [0, 0.05) is 9.35 Å². The van der Waals surface area contributed by atoms with Gasteiger partial charge >= 0.3 is 0 Å². The SMILES string of the molecule is Cc1ccc(Br)cc1C(O)c1sccc1C. The van der Waals surface area contributed by atoms with Gasteiger partial charge in [0.05, 0.1) is 0 Å². The van der Waals surface area contributed by atoms with Gasteiger partial charge in [0.2, 0.25) is 0 Å². The second kappa shape index (κ2) is 4.70. The lowest BCUT2D eigenvalue weighted by molar-refractivity contribution is 0.222. The smallest absolute Gasteiger partial charge is 0.114 e. The number of aryl methyl sites for hydroxylation is 2. The lowest BCUT2D eigenvalue weighted by Crippen LogP contribution is -2.01. The van der Waals surface area contributed by atoms with E-state index in [1.54, 1.807) is 11.3 Å². The predicted octanol–water partition coefficient (Wildman–Crippen LogP) is 4.21. The summed E-state index contributed by atoms with van der Waals surface area (Å²) in [5.41, 5.74) is 3.24. The van der Waals surface area contributed by atoms with Crippen molar-refractivity contribution in [3.63, 3.8) is 0 Å². The van der Waals surface area contributed by atoms with Gasteiger partial charge in [-0.2, -0.15) is 0 Å². The van der Waals surface area contributed by atoms with Crippen molar-refractivity contribution >= 4 is 27.3 Å². The molecule has 1 nitrogen and oxygen atoms in total. The standard InChI is InChI=1S/C13H13BrOS/c1-8-3-4-10(14)7-11(8)12(15)13-9(2)5-6-16-13/h3-7,12,15H,1-2H3. The first-order valence-electron chi connectivity index (χ1n) is 5.07. The first kappa shape index (κ1) is 11.8. The topological polar surface area (TPSA) is 20.2 Å². The van der Waals surface area contributed by atoms with Crippen molar-refractivity contribution in [1.29, 1.82) is 0 Å². The maximum absolute atomic E-state index is 10.4. The molecule has 1 unspecified atom stereocenters. The summed E-state index contributed by atoms with van der Waals surface area (Å²) in [7, 11) is 0. The molecule has 1 N–H and O–H groups in total. The van der Waals surface area contributed by atoms with E-state index in [1.165, 1.54) is 0 Å². The second-order valence-corrected chi connectivity index (χ2v) is 5.73. The maximum Gasteiger partial charge on any atom is 0.114 e. The van der Waals surface area contributed by atoms with Crippen molar-refractivity contribution in [2.75, 3.05) is 0 Å². The van der Waals surface area contributed by atoms with Crippen LogP contribution in [0.2, 0.25) is 0 Å². The van der Waals surface area contributed by atoms with Crippen molar-refractivity contribution in [2.24, 2.45) is 0 Å². The molecule has 0 spiro atoms. The minimum Gasteiger partial charge on any atom is -0.383 e. The number of aliphatic hydroxyl groups is 1. The Balaban J connectivity index is 2.45. The Morgan fingerprint density at radius 2 is 1.94 bits per heavy atom. The summed E-state index contributed by atoms with van der Waals surface area (Å²) >= 11 is 5.04. The molecule has 3 heteroatoms. The Labute approximate surface area is 108 Å². The van der Waals surface area contributed by atoms with Gasteiger partial charge in [-0.05, 0) is 54.1 Å². The van der Waals surface area contributed by atoms with Crippen LogP contribution in [0.4, 0.5) is 0 Å². The second-order valence-electron chi connectivity index (χ2n) is 3.87. The van der Waals surface area contributed by atoms with Crippen molar-refractivity contribution < 1.29 is 5.11 Å². The van der Waals surface area contributed by atoms with E-state index in [9.17, 15) is 5.11 Å². The highest BCUT2D eigenvalue weighted by atomic mass is 79.9. The fraction of sp³-hybridized carbons (Fsp3) is 0.231. The van der Waals surface area contributed by atoms with E-state index in [-0.39, 0.29) is 0 Å². The molecular formula is C13H13BrOS. The molecule has 1 atom stereocenters. The Bertz CT molecular complexity index is 504. The first-order chi connectivity index (χ1) is 7.59. The number of hydrogen-bond donors (Lipinski definition) is 1. The molecule has 0 radical (unpaired) electrons. The van der Waals surface area contributed by atoms with Crippen molar-refractivity contribution in [2.45, 2.75) is 20.0 Å². The maximum atomic E-state index is 10.4. The fourth-order valence-corrected chi connectivity index (χ4v) is 3.02. The zero-order chi connectivity index (χ0) is 11.7. The summed E-state index contributed by atoms with van der Waals surface area (Å²) in [4.78, 5) is 1.03. The van der Waals surface area contributed by atoms with Crippen LogP contribution in [0.3, 0.4) is 0 Å². The molecule has 0 aliphatic heterocycles. The Morgan fingerprint density at radius 3 is 2.56 bits per heavy atom. The van der Waals surface area contributed by atoms with Crippen LogP contribution in [-0.4, -0.2) is 5.11 Å². The van der Waals surface area contributed by atoms with Crippen LogP contribution >= 0.6 is 27.3 Å². The average molecular weight is 297 g/mol. The van der Waals surface area contributed by atoms with Crippen molar-refractivity contribution in [3.05, 3.63) is 55.7 Å². The molecule has 2 rings (SSSR count). The van der Waals surface area contributed by atoms with Gasteiger partial charge in [-0.1, -0.05) is 22.0 Å². The monoisotopic (exact) mass is 296 g/mol. The zero-order valence-corrected chi connectivity index (χ0v) is 11.6. The highest BCUT2D eigenvalue weighted by Crippen LogP contribution is 2.32. The van der Waals surface area contributed by atoms with Crippen LogP contribution in [0.25, 0.3) is 0 Å². The van der Waals surface area contributed by atoms with Gasteiger partial charge in [0.25, 0.3) is 0 Å². The molecule has 84 valence electrons. The van der Waals surface area contributed by atoms with Crippen LogP contribution in [0.15, 0.2) is 34.1 Å². The van der Waals surface area contributed by atoms with E-state index < -0.39 is 6.10 Å². The quantitative estimate of drug-likeness (QED) is 0.880. The molecule has 0 saturated heterocycles. The van der Waals surface area contributed by atoms with Gasteiger partial charge in [0.15, 0.2) is 0 Å². The van der Waals surface area contributed by atoms with E-state index in [0.29, 0.717) is 0 Å². The molecular weight excluding hydrogens is 284 g/mol. The van der Waals surface area contributed by atoms with E-state index >= 15 is 0 Å². The minimum atomic E-state index is -0.516. The first-order valence-corrected chi connectivity index (χ1v) is 6.75. The number of benzene rings is 1. The normalized spacial score (nSPS) is 12.8. The van der Waals surface area contributed by atoms with Gasteiger partial charge < -0.3 is 5.11 Å². The summed E-state index contributed by atoms with van der Waals surface area (Å²) in [5, 5.41) is 12.4. The molecule has 1 aromatic heterocycles. The molecule has 0 saturated carbocycles. The molecule has 0 fully saturated rings. The third-order valence-electron chi connectivity index (χ3n) is 2.69. The number of halogens is 1. The molecule has 0 amide bonds. The Hall–Kier alpha value is -0.640. The summed E-state index contributed by atoms with van der Waals surface area (Å²) in [5.74, 6) is 0. The van der Waals surface area contributed by atoms with Crippen LogP contribution in [0.5, 0.6) is 0 Å². The van der Waals surface area contributed by atoms with Gasteiger partial charge in [-0.3, -0.25) is 0 Å². The van der Waals surface area contributed by atoms with Crippen molar-refractivity contribution in [1.82, 2.24) is 0 Å². The number of aliphatic hydroxyl groups excluding tert-OH is 1. The van der Waals surface area contributed by atoms with E-state index in [4.69, 9.17) is 0 Å². The Morgan fingerprint density at radius 1 is 1.19 bits per heavy atom. The molecule has 0 aliphatic carbocycles. The third-order valence-corrected chi connectivity index (χ3v) is 4.25. The lowest BCUT2D eigenvalue weighted by Gasteiger charge is -2.13. The highest BCUT2D eigenvalue weighted by Gasteiger charge is 2.16. The average Bonchev–Trinajstić information content (AvgIpc) is 2.67. The van der Waals surface area contributed by atoms with E-state index in [0.717, 1.165) is 26.0 Å². The largest absolute Gasteiger partial charge is 0.383 e. The van der Waals surface area contributed by atoms with Gasteiger partial charge in [0.1, 0.15) is 6.10 Å². The Kier molecular flexibility index (Phi) is 3.47. The molecule has 0 bridgehead atoms. The summed E-state index contributed by atoms with van der Waals surface area (Å²) in [6.45, 7) is 4.05. The third kappa shape index (κ3) is 2.21.